The van der Waals surface area contributed by atoms with Crippen molar-refractivity contribution in [2.24, 2.45) is 5.73 Å². The molecule has 1 aliphatic rings. The van der Waals surface area contributed by atoms with Gasteiger partial charge in [0, 0.05) is 23.7 Å². The van der Waals surface area contributed by atoms with E-state index >= 15 is 0 Å². The first-order chi connectivity index (χ1) is 8.61. The molecule has 3 N–H and O–H groups in total. The Labute approximate surface area is 105 Å². The number of benzene rings is 1. The number of carbonyl (C=O) groups is 1. The van der Waals surface area contributed by atoms with E-state index in [1.807, 2.05) is 4.90 Å². The Morgan fingerprint density at radius 3 is 3.00 bits per heavy atom. The molecule has 0 saturated carbocycles. The summed E-state index contributed by atoms with van der Waals surface area (Å²) in [6.07, 6.45) is 1.93. The van der Waals surface area contributed by atoms with E-state index in [-0.39, 0.29) is 18.5 Å². The largest absolute Gasteiger partial charge is 0.395 e. The maximum atomic E-state index is 13.7. The monoisotopic (exact) mass is 252 g/mol. The molecule has 0 bridgehead atoms. The van der Waals surface area contributed by atoms with Gasteiger partial charge in [-0.1, -0.05) is 0 Å². The molecule has 0 aliphatic carbocycles. The van der Waals surface area contributed by atoms with Crippen LogP contribution in [0.25, 0.3) is 0 Å². The van der Waals surface area contributed by atoms with Crippen molar-refractivity contribution in [2.75, 3.05) is 13.2 Å². The number of amides is 1. The zero-order valence-corrected chi connectivity index (χ0v) is 10.1. The lowest BCUT2D eigenvalue weighted by atomic mass is 10.1. The van der Waals surface area contributed by atoms with Gasteiger partial charge in [0.2, 0.25) is 5.91 Å². The molecule has 1 atom stereocenters. The van der Waals surface area contributed by atoms with Gasteiger partial charge >= 0.3 is 0 Å². The molecule has 4 nitrogen and oxygen atoms in total. The number of hydrogen-bond acceptors (Lipinski definition) is 3. The number of rotatable bonds is 4. The topological polar surface area (TPSA) is 66.6 Å². The second kappa shape index (κ2) is 5.46. The Balaban J connectivity index is 2.17. The molecule has 1 aromatic carbocycles. The molecule has 18 heavy (non-hydrogen) atoms. The van der Waals surface area contributed by atoms with Crippen LogP contribution in [0.5, 0.6) is 0 Å². The first-order valence-electron chi connectivity index (χ1n) is 6.05. The molecular weight excluding hydrogens is 235 g/mol. The normalized spacial score (nSPS) is 20.2. The first-order valence-corrected chi connectivity index (χ1v) is 6.05. The molecule has 0 unspecified atom stereocenters. The third kappa shape index (κ3) is 2.68. The average Bonchev–Trinajstić information content (AvgIpc) is 2.79. The van der Waals surface area contributed by atoms with Crippen molar-refractivity contribution >= 4 is 5.91 Å². The van der Waals surface area contributed by atoms with Crippen LogP contribution in [0.2, 0.25) is 0 Å². The number of halogens is 1. The second-order valence-electron chi connectivity index (χ2n) is 4.62. The zero-order chi connectivity index (χ0) is 13.1. The van der Waals surface area contributed by atoms with E-state index in [0.29, 0.717) is 17.7 Å². The van der Waals surface area contributed by atoms with Crippen molar-refractivity contribution < 1.29 is 14.3 Å². The number of aliphatic hydroxyl groups is 1. The van der Waals surface area contributed by atoms with Gasteiger partial charge in [-0.25, -0.2) is 4.39 Å². The Bertz CT molecular complexity index is 451. The summed E-state index contributed by atoms with van der Waals surface area (Å²) in [5.41, 5.74) is 5.94. The van der Waals surface area contributed by atoms with E-state index in [0.717, 1.165) is 19.4 Å². The van der Waals surface area contributed by atoms with Crippen LogP contribution in [-0.4, -0.2) is 35.1 Å². The lowest BCUT2D eigenvalue weighted by Crippen LogP contribution is -2.32. The van der Waals surface area contributed by atoms with Crippen LogP contribution in [0.3, 0.4) is 0 Å². The van der Waals surface area contributed by atoms with Crippen LogP contribution < -0.4 is 5.73 Å². The Morgan fingerprint density at radius 1 is 1.56 bits per heavy atom. The van der Waals surface area contributed by atoms with Gasteiger partial charge in [0.05, 0.1) is 6.61 Å². The lowest BCUT2D eigenvalue weighted by molar-refractivity contribution is 0.1000. The highest BCUT2D eigenvalue weighted by molar-refractivity contribution is 5.92. The fourth-order valence-corrected chi connectivity index (χ4v) is 2.38. The number of hydrogen-bond donors (Lipinski definition) is 2. The highest BCUT2D eigenvalue weighted by Crippen LogP contribution is 2.21. The summed E-state index contributed by atoms with van der Waals surface area (Å²) in [7, 11) is 0. The van der Waals surface area contributed by atoms with E-state index < -0.39 is 5.91 Å². The van der Waals surface area contributed by atoms with Crippen molar-refractivity contribution in [2.45, 2.75) is 25.4 Å². The molecule has 1 saturated heterocycles. The SMILES string of the molecule is NC(=O)c1ccc(F)c(CN2CCC[C@@H]2CO)c1. The third-order valence-corrected chi connectivity index (χ3v) is 3.41. The lowest BCUT2D eigenvalue weighted by Gasteiger charge is -2.23. The maximum Gasteiger partial charge on any atom is 0.248 e. The maximum absolute atomic E-state index is 13.7. The van der Waals surface area contributed by atoms with E-state index in [4.69, 9.17) is 5.73 Å². The number of nitrogens with two attached hydrogens (primary N) is 1. The highest BCUT2D eigenvalue weighted by atomic mass is 19.1. The number of aliphatic hydroxyl groups excluding tert-OH is 1. The number of likely N-dealkylation sites (tertiary alicyclic amines) is 1. The number of carbonyl (C=O) groups excluding carboxylic acids is 1. The van der Waals surface area contributed by atoms with E-state index in [2.05, 4.69) is 0 Å². The van der Waals surface area contributed by atoms with Crippen LogP contribution in [0.4, 0.5) is 4.39 Å². The first kappa shape index (κ1) is 13.0. The van der Waals surface area contributed by atoms with Gasteiger partial charge in [-0.3, -0.25) is 9.69 Å². The summed E-state index contributed by atoms with van der Waals surface area (Å²) in [6, 6.07) is 4.22. The fourth-order valence-electron chi connectivity index (χ4n) is 2.38. The van der Waals surface area contributed by atoms with Crippen molar-refractivity contribution in [1.82, 2.24) is 4.90 Å². The van der Waals surface area contributed by atoms with Crippen LogP contribution in [-0.2, 0) is 6.54 Å². The summed E-state index contributed by atoms with van der Waals surface area (Å²) in [6.45, 7) is 1.32. The quantitative estimate of drug-likeness (QED) is 0.836. The molecule has 0 radical (unpaired) electrons. The fraction of sp³-hybridized carbons (Fsp3) is 0.462. The molecule has 0 aromatic heterocycles. The molecule has 1 heterocycles. The van der Waals surface area contributed by atoms with Crippen molar-refractivity contribution in [3.05, 3.63) is 35.1 Å². The predicted octanol–water partition coefficient (Wildman–Crippen LogP) is 0.881. The highest BCUT2D eigenvalue weighted by Gasteiger charge is 2.24. The Kier molecular flexibility index (Phi) is 3.93. The van der Waals surface area contributed by atoms with Crippen LogP contribution in [0, 0.1) is 5.82 Å². The molecule has 98 valence electrons. The minimum Gasteiger partial charge on any atom is -0.395 e. The molecule has 1 aromatic rings. The van der Waals surface area contributed by atoms with Crippen LogP contribution in [0.15, 0.2) is 18.2 Å². The van der Waals surface area contributed by atoms with Gasteiger partial charge in [-0.15, -0.1) is 0 Å². The molecule has 0 spiro atoms. The summed E-state index contributed by atoms with van der Waals surface area (Å²) in [5, 5.41) is 9.22. The molecule has 5 heteroatoms. The van der Waals surface area contributed by atoms with Crippen LogP contribution in [0.1, 0.15) is 28.8 Å². The number of nitrogens with zero attached hydrogens (tertiary/aromatic N) is 1. The van der Waals surface area contributed by atoms with E-state index in [9.17, 15) is 14.3 Å². The van der Waals surface area contributed by atoms with Crippen LogP contribution >= 0.6 is 0 Å². The van der Waals surface area contributed by atoms with Crippen molar-refractivity contribution in [3.8, 4) is 0 Å². The summed E-state index contributed by atoms with van der Waals surface area (Å²) < 4.78 is 13.7. The molecule has 1 aliphatic heterocycles. The van der Waals surface area contributed by atoms with Gasteiger partial charge in [-0.05, 0) is 37.6 Å². The van der Waals surface area contributed by atoms with E-state index in [1.165, 1.54) is 18.2 Å². The summed E-state index contributed by atoms with van der Waals surface area (Å²) in [4.78, 5) is 13.1. The van der Waals surface area contributed by atoms with Gasteiger partial charge < -0.3 is 10.8 Å². The molecule has 2 rings (SSSR count). The van der Waals surface area contributed by atoms with Gasteiger partial charge in [0.1, 0.15) is 5.82 Å². The van der Waals surface area contributed by atoms with Gasteiger partial charge in [-0.2, -0.15) is 0 Å². The molecule has 1 amide bonds. The van der Waals surface area contributed by atoms with Gasteiger partial charge in [0.15, 0.2) is 0 Å². The Morgan fingerprint density at radius 2 is 2.33 bits per heavy atom. The predicted molar refractivity (Wildman–Crippen MR) is 65.4 cm³/mol. The molecule has 1 fully saturated rings. The average molecular weight is 252 g/mol. The van der Waals surface area contributed by atoms with Crippen molar-refractivity contribution in [3.63, 3.8) is 0 Å². The Hall–Kier alpha value is -1.46. The summed E-state index contributed by atoms with van der Waals surface area (Å²) in [5.74, 6) is -0.903. The standard InChI is InChI=1S/C13H17FN2O2/c14-12-4-3-9(13(15)18)6-10(12)7-16-5-1-2-11(16)8-17/h3-4,6,11,17H,1-2,5,7-8H2,(H2,15,18)/t11-/m1/s1. The zero-order valence-electron chi connectivity index (χ0n) is 10.1. The number of primary amides is 1. The van der Waals surface area contributed by atoms with Crippen molar-refractivity contribution in [1.29, 1.82) is 0 Å². The minimum absolute atomic E-state index is 0.0805. The second-order valence-corrected chi connectivity index (χ2v) is 4.62. The summed E-state index contributed by atoms with van der Waals surface area (Å²) >= 11 is 0. The minimum atomic E-state index is -0.559. The van der Waals surface area contributed by atoms with E-state index in [1.54, 1.807) is 0 Å². The third-order valence-electron chi connectivity index (χ3n) is 3.41. The smallest absolute Gasteiger partial charge is 0.248 e. The van der Waals surface area contributed by atoms with Gasteiger partial charge in [0.25, 0.3) is 0 Å². The molecular formula is C13H17FN2O2.